The molecule has 0 N–H and O–H groups in total. The van der Waals surface area contributed by atoms with Gasteiger partial charge in [-0.3, -0.25) is 0 Å². The summed E-state index contributed by atoms with van der Waals surface area (Å²) in [5, 5.41) is 1.96. The maximum atomic E-state index is 12.0. The first-order valence-corrected chi connectivity index (χ1v) is 8.39. The van der Waals surface area contributed by atoms with Crippen LogP contribution in [0.1, 0.15) is 10.4 Å². The molecule has 0 radical (unpaired) electrons. The van der Waals surface area contributed by atoms with Gasteiger partial charge in [0.1, 0.15) is 0 Å². The summed E-state index contributed by atoms with van der Waals surface area (Å²) in [4.78, 5) is 17.3. The zero-order chi connectivity index (χ0) is 16.4. The maximum Gasteiger partial charge on any atom is 0.363 e. The van der Waals surface area contributed by atoms with Crippen LogP contribution in [0.2, 0.25) is 0 Å². The summed E-state index contributed by atoms with van der Waals surface area (Å²) in [5.41, 5.74) is 3.38. The van der Waals surface area contributed by atoms with E-state index in [0.29, 0.717) is 11.6 Å². The van der Waals surface area contributed by atoms with E-state index in [0.717, 1.165) is 21.6 Å². The second kappa shape index (κ2) is 6.26. The first kappa shape index (κ1) is 14.6. The highest BCUT2D eigenvalue weighted by atomic mass is 32.1. The molecule has 3 nitrogen and oxygen atoms in total. The number of hydrogen-bond donors (Lipinski definition) is 0. The van der Waals surface area contributed by atoms with Crippen LogP contribution in [-0.4, -0.2) is 11.9 Å². The van der Waals surface area contributed by atoms with Gasteiger partial charge in [-0.1, -0.05) is 48.5 Å². The molecule has 0 amide bonds. The Kier molecular flexibility index (Phi) is 3.81. The average molecular weight is 331 g/mol. The van der Waals surface area contributed by atoms with E-state index in [1.165, 1.54) is 0 Å². The Balaban J connectivity index is 1.61. The van der Waals surface area contributed by atoms with Gasteiger partial charge in [0.25, 0.3) is 0 Å². The first-order chi connectivity index (χ1) is 11.8. The second-order valence-corrected chi connectivity index (χ2v) is 6.27. The Morgan fingerprint density at radius 2 is 1.54 bits per heavy atom. The van der Waals surface area contributed by atoms with Gasteiger partial charge in [-0.05, 0) is 40.8 Å². The van der Waals surface area contributed by atoms with Crippen LogP contribution in [0.3, 0.4) is 0 Å². The molecule has 2 aromatic carbocycles. The molecule has 0 fully saturated rings. The summed E-state index contributed by atoms with van der Waals surface area (Å²) < 4.78 is 5.30. The summed E-state index contributed by atoms with van der Waals surface area (Å²) in [5.74, 6) is -0.0621. The van der Waals surface area contributed by atoms with Crippen molar-refractivity contribution in [1.29, 1.82) is 0 Å². The van der Waals surface area contributed by atoms with Crippen LogP contribution in [0.5, 0.6) is 0 Å². The van der Waals surface area contributed by atoms with E-state index >= 15 is 0 Å². The Bertz CT molecular complexity index is 924. The van der Waals surface area contributed by atoms with Gasteiger partial charge in [-0.15, -0.1) is 11.3 Å². The van der Waals surface area contributed by atoms with Crippen LogP contribution >= 0.6 is 11.3 Å². The molecule has 1 aliphatic rings. The zero-order valence-electron chi connectivity index (χ0n) is 12.7. The molecule has 0 saturated carbocycles. The third-order valence-corrected chi connectivity index (χ3v) is 4.50. The summed E-state index contributed by atoms with van der Waals surface area (Å²) in [6.07, 6.45) is 1.75. The summed E-state index contributed by atoms with van der Waals surface area (Å²) >= 11 is 1.55. The molecule has 3 aromatic rings. The molecule has 0 spiro atoms. The van der Waals surface area contributed by atoms with Gasteiger partial charge < -0.3 is 4.74 Å². The van der Waals surface area contributed by atoms with Crippen molar-refractivity contribution >= 4 is 29.3 Å². The van der Waals surface area contributed by atoms with Crippen molar-refractivity contribution in [2.45, 2.75) is 0 Å². The standard InChI is InChI=1S/C20H13NO2S/c22-20-18(13-17-7-4-12-24-17)21-19(23-20)16-10-8-15(9-11-16)14-5-2-1-3-6-14/h1-13H/b18-13+. The average Bonchev–Trinajstić information content (AvgIpc) is 3.27. The maximum absolute atomic E-state index is 12.0. The Morgan fingerprint density at radius 1 is 0.833 bits per heavy atom. The fourth-order valence-corrected chi connectivity index (χ4v) is 3.13. The van der Waals surface area contributed by atoms with Gasteiger partial charge in [0, 0.05) is 10.4 Å². The van der Waals surface area contributed by atoms with Crippen molar-refractivity contribution in [2.75, 3.05) is 0 Å². The molecule has 2 heterocycles. The van der Waals surface area contributed by atoms with Crippen molar-refractivity contribution in [3.05, 3.63) is 88.2 Å². The number of carbonyl (C=O) groups is 1. The zero-order valence-corrected chi connectivity index (χ0v) is 13.5. The first-order valence-electron chi connectivity index (χ1n) is 7.51. The monoisotopic (exact) mass is 331 g/mol. The lowest BCUT2D eigenvalue weighted by Gasteiger charge is -2.03. The number of aliphatic imine (C=N–C) groups is 1. The second-order valence-electron chi connectivity index (χ2n) is 5.29. The van der Waals surface area contributed by atoms with E-state index in [2.05, 4.69) is 17.1 Å². The topological polar surface area (TPSA) is 38.7 Å². The van der Waals surface area contributed by atoms with Gasteiger partial charge >= 0.3 is 5.97 Å². The smallest absolute Gasteiger partial charge is 0.363 e. The number of nitrogens with zero attached hydrogens (tertiary/aromatic N) is 1. The molecule has 0 bridgehead atoms. The molecule has 0 saturated heterocycles. The number of ether oxygens (including phenoxy) is 1. The van der Waals surface area contributed by atoms with Gasteiger partial charge in [0.05, 0.1) is 0 Å². The number of benzene rings is 2. The van der Waals surface area contributed by atoms with Crippen molar-refractivity contribution < 1.29 is 9.53 Å². The van der Waals surface area contributed by atoms with Crippen LogP contribution in [0.25, 0.3) is 17.2 Å². The normalized spacial score (nSPS) is 15.4. The van der Waals surface area contributed by atoms with Crippen molar-refractivity contribution in [3.63, 3.8) is 0 Å². The lowest BCUT2D eigenvalue weighted by molar-refractivity contribution is -0.129. The van der Waals surface area contributed by atoms with Crippen LogP contribution in [0.4, 0.5) is 0 Å². The lowest BCUT2D eigenvalue weighted by Crippen LogP contribution is -2.05. The van der Waals surface area contributed by atoms with Crippen LogP contribution < -0.4 is 0 Å². The number of esters is 1. The van der Waals surface area contributed by atoms with E-state index in [1.807, 2.05) is 60.0 Å². The molecule has 0 unspecified atom stereocenters. The van der Waals surface area contributed by atoms with Crippen molar-refractivity contribution in [2.24, 2.45) is 4.99 Å². The predicted octanol–water partition coefficient (Wildman–Crippen LogP) is 4.76. The predicted molar refractivity (Wildman–Crippen MR) is 96.8 cm³/mol. The minimum Gasteiger partial charge on any atom is -0.402 e. The number of rotatable bonds is 3. The third kappa shape index (κ3) is 2.92. The fourth-order valence-electron chi connectivity index (χ4n) is 2.48. The number of thiophene rings is 1. The number of cyclic esters (lactones) is 1. The molecule has 1 aromatic heterocycles. The Labute approximate surface area is 143 Å². The molecule has 24 heavy (non-hydrogen) atoms. The molecule has 0 aliphatic carbocycles. The minimum atomic E-state index is -0.412. The molecule has 0 atom stereocenters. The summed E-state index contributed by atoms with van der Waals surface area (Å²) in [6.45, 7) is 0. The summed E-state index contributed by atoms with van der Waals surface area (Å²) in [7, 11) is 0. The number of hydrogen-bond acceptors (Lipinski definition) is 4. The highest BCUT2D eigenvalue weighted by Gasteiger charge is 2.24. The molecular formula is C20H13NO2S. The van der Waals surface area contributed by atoms with Gasteiger partial charge in [-0.2, -0.15) is 0 Å². The van der Waals surface area contributed by atoms with Crippen molar-refractivity contribution in [3.8, 4) is 11.1 Å². The van der Waals surface area contributed by atoms with E-state index in [9.17, 15) is 4.79 Å². The Morgan fingerprint density at radius 3 is 2.25 bits per heavy atom. The van der Waals surface area contributed by atoms with Gasteiger partial charge in [0.15, 0.2) is 5.70 Å². The van der Waals surface area contributed by atoms with Crippen LogP contribution in [0.15, 0.2) is 82.8 Å². The van der Waals surface area contributed by atoms with E-state index in [1.54, 1.807) is 17.4 Å². The van der Waals surface area contributed by atoms with Gasteiger partial charge in [0.2, 0.25) is 5.90 Å². The van der Waals surface area contributed by atoms with Crippen LogP contribution in [-0.2, 0) is 9.53 Å². The SMILES string of the molecule is O=C1OC(c2ccc(-c3ccccc3)cc2)=N/C1=C/c1cccs1. The minimum absolute atomic E-state index is 0.333. The largest absolute Gasteiger partial charge is 0.402 e. The quantitative estimate of drug-likeness (QED) is 0.513. The number of carbonyl (C=O) groups excluding carboxylic acids is 1. The molecule has 1 aliphatic heterocycles. The van der Waals surface area contributed by atoms with Crippen molar-refractivity contribution in [1.82, 2.24) is 0 Å². The van der Waals surface area contributed by atoms with Gasteiger partial charge in [-0.25, -0.2) is 9.79 Å². The molecule has 4 heteroatoms. The molecular weight excluding hydrogens is 318 g/mol. The van der Waals surface area contributed by atoms with E-state index < -0.39 is 5.97 Å². The van der Waals surface area contributed by atoms with Crippen LogP contribution in [0, 0.1) is 0 Å². The Hall–Kier alpha value is -2.98. The lowest BCUT2D eigenvalue weighted by atomic mass is 10.0. The van der Waals surface area contributed by atoms with E-state index in [-0.39, 0.29) is 0 Å². The highest BCUT2D eigenvalue weighted by Crippen LogP contribution is 2.23. The van der Waals surface area contributed by atoms with E-state index in [4.69, 9.17) is 4.74 Å². The fraction of sp³-hybridized carbons (Fsp3) is 0. The third-order valence-electron chi connectivity index (χ3n) is 3.68. The molecule has 4 rings (SSSR count). The molecule has 116 valence electrons. The summed E-state index contributed by atoms with van der Waals surface area (Å²) in [6, 6.07) is 21.8. The highest BCUT2D eigenvalue weighted by molar-refractivity contribution is 7.10.